The van der Waals surface area contributed by atoms with Crippen LogP contribution in [0, 0.1) is 0 Å². The number of hydrogen-bond acceptors (Lipinski definition) is 5. The molecule has 0 saturated heterocycles. The number of carbonyl (C=O) groups excluding carboxylic acids is 1. The minimum Gasteiger partial charge on any atom is -0.489 e. The van der Waals surface area contributed by atoms with E-state index in [2.05, 4.69) is 5.32 Å². The van der Waals surface area contributed by atoms with Crippen LogP contribution in [0.5, 0.6) is 5.75 Å². The van der Waals surface area contributed by atoms with Gasteiger partial charge in [0.25, 0.3) is 5.91 Å². The molecule has 2 aromatic heterocycles. The fourth-order valence-electron chi connectivity index (χ4n) is 3.89. The highest BCUT2D eigenvalue weighted by atomic mass is 35.5. The van der Waals surface area contributed by atoms with Gasteiger partial charge in [0.05, 0.1) is 17.4 Å². The van der Waals surface area contributed by atoms with Gasteiger partial charge >= 0.3 is 5.97 Å². The number of carboxylic acid groups (broad SMARTS) is 1. The van der Waals surface area contributed by atoms with Crippen molar-refractivity contribution >= 4 is 44.9 Å². The van der Waals surface area contributed by atoms with Gasteiger partial charge < -0.3 is 19.6 Å². The third kappa shape index (κ3) is 6.02. The second kappa shape index (κ2) is 10.9. The molecule has 0 aliphatic rings. The Labute approximate surface area is 222 Å². The highest BCUT2D eigenvalue weighted by Crippen LogP contribution is 2.31. The molecule has 2 heterocycles. The zero-order valence-electron chi connectivity index (χ0n) is 19.5. The second-order valence-electron chi connectivity index (χ2n) is 8.50. The van der Waals surface area contributed by atoms with Crippen LogP contribution in [0.15, 0.2) is 95.8 Å². The van der Waals surface area contributed by atoms with E-state index in [1.807, 2.05) is 48.5 Å². The molecule has 0 bridgehead atoms. The van der Waals surface area contributed by atoms with Crippen LogP contribution < -0.4 is 10.1 Å². The quantitative estimate of drug-likeness (QED) is 0.218. The number of carboxylic acids is 1. The monoisotopic (exact) mass is 531 g/mol. The number of amides is 1. The number of ether oxygens (including phenoxy) is 1. The maximum atomic E-state index is 13.0. The number of hydrogen-bond donors (Lipinski definition) is 2. The molecule has 2 N–H and O–H groups in total. The van der Waals surface area contributed by atoms with Gasteiger partial charge in [-0.15, -0.1) is 11.3 Å². The molecule has 5 rings (SSSR count). The normalized spacial score (nSPS) is 11.8. The van der Waals surface area contributed by atoms with Gasteiger partial charge in [-0.25, -0.2) is 4.79 Å². The van der Waals surface area contributed by atoms with Crippen molar-refractivity contribution in [3.05, 3.63) is 112 Å². The molecular weight excluding hydrogens is 510 g/mol. The first-order chi connectivity index (χ1) is 17.9. The fraction of sp³-hybridized carbons (Fsp3) is 0.103. The number of halogens is 1. The number of thiophene rings is 1. The molecular formula is C29H22ClNO5S. The second-order valence-corrected chi connectivity index (χ2v) is 10.0. The fourth-order valence-corrected chi connectivity index (χ4v) is 5.02. The van der Waals surface area contributed by atoms with Crippen molar-refractivity contribution in [1.82, 2.24) is 5.32 Å². The molecule has 8 heteroatoms. The average molecular weight is 532 g/mol. The van der Waals surface area contributed by atoms with Gasteiger partial charge in [-0.2, -0.15) is 0 Å². The van der Waals surface area contributed by atoms with E-state index in [0.29, 0.717) is 22.3 Å². The number of nitrogens with one attached hydrogen (secondary N) is 1. The predicted octanol–water partition coefficient (Wildman–Crippen LogP) is 6.82. The number of benzene rings is 3. The summed E-state index contributed by atoms with van der Waals surface area (Å²) in [4.78, 5) is 25.3. The Morgan fingerprint density at radius 2 is 1.70 bits per heavy atom. The van der Waals surface area contributed by atoms with Gasteiger partial charge in [-0.05, 0) is 64.5 Å². The molecule has 0 aliphatic carbocycles. The Morgan fingerprint density at radius 1 is 0.946 bits per heavy atom. The van der Waals surface area contributed by atoms with E-state index in [1.165, 1.54) is 11.3 Å². The highest BCUT2D eigenvalue weighted by molar-refractivity contribution is 7.20. The van der Waals surface area contributed by atoms with E-state index in [-0.39, 0.29) is 6.42 Å². The number of furan rings is 1. The minimum atomic E-state index is -1.10. The molecule has 186 valence electrons. The number of rotatable bonds is 9. The van der Waals surface area contributed by atoms with Crippen LogP contribution in [-0.4, -0.2) is 23.0 Å². The molecule has 37 heavy (non-hydrogen) atoms. The summed E-state index contributed by atoms with van der Waals surface area (Å²) in [7, 11) is 0. The smallest absolute Gasteiger partial charge is 0.326 e. The topological polar surface area (TPSA) is 88.8 Å². The van der Waals surface area contributed by atoms with Crippen molar-refractivity contribution in [2.45, 2.75) is 19.1 Å². The van der Waals surface area contributed by atoms with Crippen LogP contribution in [0.1, 0.15) is 20.8 Å². The van der Waals surface area contributed by atoms with Gasteiger partial charge in [-0.3, -0.25) is 4.79 Å². The summed E-state index contributed by atoms with van der Waals surface area (Å²) in [6, 6.07) is 23.2. The maximum Gasteiger partial charge on any atom is 0.326 e. The number of carbonyl (C=O) groups is 2. The van der Waals surface area contributed by atoms with E-state index in [1.54, 1.807) is 42.9 Å². The Morgan fingerprint density at radius 3 is 2.41 bits per heavy atom. The SMILES string of the molecule is O=C(NC(Cc1ccc(OCc2ccoc2)cc1)C(=O)O)c1cc2ccc(-c3ccc(Cl)cc3)cc2s1. The van der Waals surface area contributed by atoms with Crippen LogP contribution in [0.25, 0.3) is 21.2 Å². The largest absolute Gasteiger partial charge is 0.489 e. The van der Waals surface area contributed by atoms with Crippen LogP contribution in [0.3, 0.4) is 0 Å². The van der Waals surface area contributed by atoms with E-state index in [0.717, 1.165) is 32.3 Å². The minimum absolute atomic E-state index is 0.148. The van der Waals surface area contributed by atoms with Crippen LogP contribution in [0.2, 0.25) is 5.02 Å². The van der Waals surface area contributed by atoms with Crippen molar-refractivity contribution in [2.24, 2.45) is 0 Å². The Balaban J connectivity index is 1.25. The molecule has 5 aromatic rings. The molecule has 0 spiro atoms. The Bertz CT molecular complexity index is 1530. The van der Waals surface area contributed by atoms with E-state index < -0.39 is 17.9 Å². The lowest BCUT2D eigenvalue weighted by Crippen LogP contribution is -2.42. The maximum absolute atomic E-state index is 13.0. The van der Waals surface area contributed by atoms with E-state index in [4.69, 9.17) is 20.8 Å². The van der Waals surface area contributed by atoms with E-state index >= 15 is 0 Å². The molecule has 3 aromatic carbocycles. The average Bonchev–Trinajstić information content (AvgIpc) is 3.58. The number of aliphatic carboxylic acids is 1. The first-order valence-corrected chi connectivity index (χ1v) is 12.7. The predicted molar refractivity (Wildman–Crippen MR) is 144 cm³/mol. The van der Waals surface area contributed by atoms with Gasteiger partial charge in [0.2, 0.25) is 0 Å². The van der Waals surface area contributed by atoms with Crippen molar-refractivity contribution in [3.8, 4) is 16.9 Å². The molecule has 0 saturated carbocycles. The van der Waals surface area contributed by atoms with Gasteiger partial charge in [0.1, 0.15) is 18.4 Å². The van der Waals surface area contributed by atoms with Gasteiger partial charge in [0.15, 0.2) is 0 Å². The van der Waals surface area contributed by atoms with Crippen molar-refractivity contribution in [2.75, 3.05) is 0 Å². The molecule has 6 nitrogen and oxygen atoms in total. The van der Waals surface area contributed by atoms with Crippen LogP contribution >= 0.6 is 22.9 Å². The summed E-state index contributed by atoms with van der Waals surface area (Å²) in [5.74, 6) is -0.856. The molecule has 0 fully saturated rings. The molecule has 1 unspecified atom stereocenters. The first kappa shape index (κ1) is 24.6. The number of fused-ring (bicyclic) bond motifs is 1. The van der Waals surface area contributed by atoms with E-state index in [9.17, 15) is 14.7 Å². The van der Waals surface area contributed by atoms with Crippen molar-refractivity contribution in [1.29, 1.82) is 0 Å². The summed E-state index contributed by atoms with van der Waals surface area (Å²) in [6.45, 7) is 0.375. The lowest BCUT2D eigenvalue weighted by molar-refractivity contribution is -0.139. The summed E-state index contributed by atoms with van der Waals surface area (Å²) in [6.07, 6.45) is 3.35. The van der Waals surface area contributed by atoms with Gasteiger partial charge in [-0.1, -0.05) is 48.0 Å². The third-order valence-corrected chi connectivity index (χ3v) is 7.22. The highest BCUT2D eigenvalue weighted by Gasteiger charge is 2.22. The summed E-state index contributed by atoms with van der Waals surface area (Å²) >= 11 is 7.32. The van der Waals surface area contributed by atoms with Crippen LogP contribution in [-0.2, 0) is 17.8 Å². The standard InChI is InChI=1S/C29H22ClNO5S/c30-23-7-5-20(6-8-23)21-3-4-22-15-27(37-26(22)14-21)28(32)31-25(29(33)34)13-18-1-9-24(10-2-18)36-17-19-11-12-35-16-19/h1-12,14-16,25H,13,17H2,(H,31,32)(H,33,34). The van der Waals surface area contributed by atoms with Gasteiger partial charge in [0, 0.05) is 21.7 Å². The molecule has 1 amide bonds. The molecule has 0 radical (unpaired) electrons. The summed E-state index contributed by atoms with van der Waals surface area (Å²) < 4.78 is 11.7. The summed E-state index contributed by atoms with van der Waals surface area (Å²) in [5.41, 5.74) is 3.72. The Kier molecular flexibility index (Phi) is 7.25. The van der Waals surface area contributed by atoms with Crippen molar-refractivity contribution < 1.29 is 23.8 Å². The first-order valence-electron chi connectivity index (χ1n) is 11.5. The lowest BCUT2D eigenvalue weighted by atomic mass is 10.0. The zero-order chi connectivity index (χ0) is 25.8. The summed E-state index contributed by atoms with van der Waals surface area (Å²) in [5, 5.41) is 14.0. The molecule has 1 atom stereocenters. The zero-order valence-corrected chi connectivity index (χ0v) is 21.1. The van der Waals surface area contributed by atoms with Crippen molar-refractivity contribution in [3.63, 3.8) is 0 Å². The Hall–Kier alpha value is -4.07. The third-order valence-electron chi connectivity index (χ3n) is 5.87. The lowest BCUT2D eigenvalue weighted by Gasteiger charge is -2.14. The molecule has 0 aliphatic heterocycles. The van der Waals surface area contributed by atoms with Crippen LogP contribution in [0.4, 0.5) is 0 Å².